The predicted molar refractivity (Wildman–Crippen MR) is 133 cm³/mol. The van der Waals surface area contributed by atoms with Crippen molar-refractivity contribution in [1.29, 1.82) is 0 Å². The van der Waals surface area contributed by atoms with Gasteiger partial charge in [0.2, 0.25) is 11.6 Å². The van der Waals surface area contributed by atoms with Gasteiger partial charge in [0.1, 0.15) is 11.9 Å². The van der Waals surface area contributed by atoms with Crippen LogP contribution in [-0.4, -0.2) is 46.7 Å². The third-order valence-electron chi connectivity index (χ3n) is 5.55. The van der Waals surface area contributed by atoms with Gasteiger partial charge in [0.15, 0.2) is 12.7 Å². The number of ether oxygens (including phenoxy) is 1. The lowest BCUT2D eigenvalue weighted by Gasteiger charge is -2.16. The van der Waals surface area contributed by atoms with E-state index in [1.54, 1.807) is 12.1 Å². The molecule has 2 heterocycles. The Morgan fingerprint density at radius 1 is 0.730 bits per heavy atom. The largest absolute Gasteiger partial charge is 0.486 e. The van der Waals surface area contributed by atoms with Gasteiger partial charge in [-0.2, -0.15) is 0 Å². The Hall–Kier alpha value is -5.19. The molecule has 11 heteroatoms. The summed E-state index contributed by atoms with van der Waals surface area (Å²) in [5, 5.41) is 33.7. The summed E-state index contributed by atoms with van der Waals surface area (Å²) in [6, 6.07) is 22.3. The van der Waals surface area contributed by atoms with Crippen LogP contribution in [0.4, 0.5) is 0 Å². The monoisotopic (exact) mass is 491 g/mol. The van der Waals surface area contributed by atoms with E-state index < -0.39 is 0 Å². The van der Waals surface area contributed by atoms with Crippen LogP contribution in [0.15, 0.2) is 85.5 Å². The van der Waals surface area contributed by atoms with Gasteiger partial charge in [-0.25, -0.2) is 0 Å². The third kappa shape index (κ3) is 5.90. The highest BCUT2D eigenvalue weighted by Crippen LogP contribution is 2.24. The lowest BCUT2D eigenvalue weighted by molar-refractivity contribution is 0.0950. The van der Waals surface area contributed by atoms with Gasteiger partial charge in [-0.05, 0) is 54.4 Å². The normalized spacial score (nSPS) is 11.5. The number of aromatic nitrogens is 8. The first-order chi connectivity index (χ1) is 18.2. The summed E-state index contributed by atoms with van der Waals surface area (Å²) in [5.74, 6) is 1.44. The smallest absolute Gasteiger partial charge is 0.251 e. The molecule has 0 saturated heterocycles. The topological polar surface area (TPSA) is 141 Å². The molecule has 0 bridgehead atoms. The van der Waals surface area contributed by atoms with Crippen molar-refractivity contribution in [2.75, 3.05) is 0 Å². The van der Waals surface area contributed by atoms with Crippen molar-refractivity contribution < 1.29 is 9.53 Å². The van der Waals surface area contributed by atoms with Crippen LogP contribution >= 0.6 is 0 Å². The molecule has 0 aliphatic rings. The van der Waals surface area contributed by atoms with Gasteiger partial charge in [-0.15, -0.1) is 40.8 Å². The zero-order chi connectivity index (χ0) is 25.5. The first kappa shape index (κ1) is 23.5. The summed E-state index contributed by atoms with van der Waals surface area (Å²) in [4.78, 5) is 12.6. The Bertz CT molecular complexity index is 1450. The third-order valence-corrected chi connectivity index (χ3v) is 5.55. The molecular formula is C26H21N9O2. The Labute approximate surface area is 212 Å². The molecule has 3 aromatic carbocycles. The van der Waals surface area contributed by atoms with Crippen LogP contribution < -0.4 is 10.1 Å². The van der Waals surface area contributed by atoms with Crippen molar-refractivity contribution in [3.63, 3.8) is 0 Å². The number of hydrogen-bond acceptors (Lipinski definition) is 10. The average molecular weight is 492 g/mol. The number of carbonyl (C=O) groups excluding carboxylic acids is 1. The van der Waals surface area contributed by atoms with Crippen molar-refractivity contribution in [3.8, 4) is 28.5 Å². The highest BCUT2D eigenvalue weighted by atomic mass is 16.5. The van der Waals surface area contributed by atoms with Crippen molar-refractivity contribution in [3.05, 3.63) is 102 Å². The molecule has 0 radical (unpaired) electrons. The Kier molecular flexibility index (Phi) is 7.02. The quantitative estimate of drug-likeness (QED) is 0.344. The van der Waals surface area contributed by atoms with E-state index in [-0.39, 0.29) is 12.0 Å². The van der Waals surface area contributed by atoms with E-state index in [0.29, 0.717) is 29.5 Å². The molecule has 0 saturated carbocycles. The van der Waals surface area contributed by atoms with Gasteiger partial charge in [0, 0.05) is 23.2 Å². The molecule has 182 valence electrons. The number of amides is 1. The summed E-state index contributed by atoms with van der Waals surface area (Å²) < 4.78 is 6.05. The second kappa shape index (κ2) is 11.0. The van der Waals surface area contributed by atoms with Gasteiger partial charge in [-0.1, -0.05) is 36.4 Å². The second-order valence-electron chi connectivity index (χ2n) is 8.03. The van der Waals surface area contributed by atoms with E-state index in [1.807, 2.05) is 67.6 Å². The molecule has 0 spiro atoms. The van der Waals surface area contributed by atoms with E-state index in [2.05, 4.69) is 46.1 Å². The van der Waals surface area contributed by atoms with Crippen molar-refractivity contribution >= 4 is 5.91 Å². The van der Waals surface area contributed by atoms with Crippen molar-refractivity contribution in [2.24, 2.45) is 0 Å². The summed E-state index contributed by atoms with van der Waals surface area (Å²) in [6.07, 6.45) is 2.36. The molecular weight excluding hydrogens is 470 g/mol. The number of rotatable bonds is 8. The van der Waals surface area contributed by atoms with Crippen LogP contribution in [-0.2, 0) is 6.54 Å². The van der Waals surface area contributed by atoms with Crippen LogP contribution in [0.1, 0.15) is 34.5 Å². The molecule has 11 nitrogen and oxygen atoms in total. The van der Waals surface area contributed by atoms with E-state index in [4.69, 9.17) is 4.74 Å². The summed E-state index contributed by atoms with van der Waals surface area (Å²) in [7, 11) is 0. The highest BCUT2D eigenvalue weighted by Gasteiger charge is 2.11. The lowest BCUT2D eigenvalue weighted by atomic mass is 10.1. The molecule has 1 atom stereocenters. The minimum absolute atomic E-state index is 0.160. The van der Waals surface area contributed by atoms with Crippen LogP contribution in [0, 0.1) is 0 Å². The molecule has 5 aromatic rings. The summed E-state index contributed by atoms with van der Waals surface area (Å²) >= 11 is 0. The molecule has 0 fully saturated rings. The van der Waals surface area contributed by atoms with Crippen molar-refractivity contribution in [1.82, 2.24) is 46.1 Å². The number of hydrogen-bond donors (Lipinski definition) is 1. The van der Waals surface area contributed by atoms with Gasteiger partial charge in [0.05, 0.1) is 0 Å². The number of nitrogens with one attached hydrogen (secondary N) is 1. The maximum atomic E-state index is 12.6. The molecule has 2 aromatic heterocycles. The molecule has 37 heavy (non-hydrogen) atoms. The lowest BCUT2D eigenvalue weighted by Crippen LogP contribution is -2.22. The van der Waals surface area contributed by atoms with E-state index in [9.17, 15) is 4.79 Å². The summed E-state index contributed by atoms with van der Waals surface area (Å²) in [5.41, 5.74) is 4.06. The zero-order valence-electron chi connectivity index (χ0n) is 19.8. The molecule has 1 amide bonds. The minimum Gasteiger partial charge on any atom is -0.486 e. The van der Waals surface area contributed by atoms with E-state index >= 15 is 0 Å². The Balaban J connectivity index is 1.14. The second-order valence-corrected chi connectivity index (χ2v) is 8.03. The van der Waals surface area contributed by atoms with Gasteiger partial charge < -0.3 is 10.1 Å². The maximum Gasteiger partial charge on any atom is 0.251 e. The minimum atomic E-state index is -0.211. The first-order valence-corrected chi connectivity index (χ1v) is 11.4. The molecule has 1 unspecified atom stereocenters. The number of benzene rings is 3. The van der Waals surface area contributed by atoms with Crippen molar-refractivity contribution in [2.45, 2.75) is 19.6 Å². The fourth-order valence-electron chi connectivity index (χ4n) is 3.56. The van der Waals surface area contributed by atoms with E-state index in [1.165, 1.54) is 12.7 Å². The Morgan fingerprint density at radius 2 is 1.24 bits per heavy atom. The predicted octanol–water partition coefficient (Wildman–Crippen LogP) is 3.25. The zero-order valence-corrected chi connectivity index (χ0v) is 19.8. The highest BCUT2D eigenvalue weighted by molar-refractivity contribution is 5.94. The van der Waals surface area contributed by atoms with Crippen LogP contribution in [0.3, 0.4) is 0 Å². The van der Waals surface area contributed by atoms with Gasteiger partial charge in [0.25, 0.3) is 5.91 Å². The number of nitrogens with zero attached hydrogens (tertiary/aromatic N) is 8. The SMILES string of the molecule is CC(Oc1ccc(-c2nncnn2)cc1)c1ccc(C(=O)NCc2ccc(-c3nncnn3)cc2)cc1. The first-order valence-electron chi connectivity index (χ1n) is 11.4. The van der Waals surface area contributed by atoms with E-state index in [0.717, 1.165) is 22.3 Å². The molecule has 0 aliphatic heterocycles. The molecule has 0 aliphatic carbocycles. The Morgan fingerprint density at radius 3 is 1.78 bits per heavy atom. The maximum absolute atomic E-state index is 12.6. The molecule has 1 N–H and O–H groups in total. The van der Waals surface area contributed by atoms with Gasteiger partial charge in [-0.3, -0.25) is 4.79 Å². The fraction of sp³-hybridized carbons (Fsp3) is 0.115. The standard InChI is InChI=1S/C26H21N9O2/c1-17(37-23-12-10-21(11-13-23)25-34-30-16-31-35-25)19-6-8-22(9-7-19)26(36)27-14-18-2-4-20(5-3-18)24-32-28-15-29-33-24/h2-13,15-17H,14H2,1H3,(H,27,36). The number of carbonyl (C=O) groups is 1. The van der Waals surface area contributed by atoms with Crippen LogP contribution in [0.25, 0.3) is 22.8 Å². The fourth-order valence-corrected chi connectivity index (χ4v) is 3.56. The van der Waals surface area contributed by atoms with Crippen LogP contribution in [0.2, 0.25) is 0 Å². The van der Waals surface area contributed by atoms with Gasteiger partial charge >= 0.3 is 0 Å². The average Bonchev–Trinajstić information content (AvgIpc) is 2.97. The summed E-state index contributed by atoms with van der Waals surface area (Å²) in [6.45, 7) is 2.34. The van der Waals surface area contributed by atoms with Crippen LogP contribution in [0.5, 0.6) is 5.75 Å². The molecule has 5 rings (SSSR count).